The Hall–Kier alpha value is -1.95. The molecule has 2 aromatic rings. The Balaban J connectivity index is 1.55. The van der Waals surface area contributed by atoms with Gasteiger partial charge in [-0.15, -0.1) is 0 Å². The van der Waals surface area contributed by atoms with Crippen molar-refractivity contribution in [3.05, 3.63) is 41.2 Å². The lowest BCUT2D eigenvalue weighted by molar-refractivity contribution is -0.132. The molecule has 0 spiro atoms. The predicted molar refractivity (Wildman–Crippen MR) is 102 cm³/mol. The number of hydrogen-bond donors (Lipinski definition) is 0. The van der Waals surface area contributed by atoms with Crippen LogP contribution in [-0.4, -0.2) is 46.3 Å². The lowest BCUT2D eigenvalue weighted by Gasteiger charge is -2.34. The Morgan fingerprint density at radius 1 is 1.16 bits per heavy atom. The van der Waals surface area contributed by atoms with Gasteiger partial charge >= 0.3 is 0 Å². The van der Waals surface area contributed by atoms with Gasteiger partial charge in [0.1, 0.15) is 5.82 Å². The van der Waals surface area contributed by atoms with Crippen molar-refractivity contribution in [2.45, 2.75) is 33.6 Å². The quantitative estimate of drug-likeness (QED) is 0.824. The molecule has 1 amide bonds. The summed E-state index contributed by atoms with van der Waals surface area (Å²) in [6.07, 6.45) is 1.41. The van der Waals surface area contributed by atoms with E-state index in [1.165, 1.54) is 22.7 Å². The van der Waals surface area contributed by atoms with Crippen molar-refractivity contribution in [3.8, 4) is 0 Å². The molecule has 6 heteroatoms. The molecule has 0 radical (unpaired) electrons. The number of nitrogens with zero attached hydrogens (tertiary/aromatic N) is 4. The first-order valence-corrected chi connectivity index (χ1v) is 9.69. The second-order valence-electron chi connectivity index (χ2n) is 7.12. The van der Waals surface area contributed by atoms with E-state index in [4.69, 9.17) is 4.98 Å². The maximum Gasteiger partial charge on any atom is 0.222 e. The molecule has 0 saturated carbocycles. The van der Waals surface area contributed by atoms with E-state index in [9.17, 15) is 4.79 Å². The summed E-state index contributed by atoms with van der Waals surface area (Å²) in [4.78, 5) is 21.1. The number of rotatable bonds is 5. The average molecular weight is 359 g/mol. The smallest absolute Gasteiger partial charge is 0.222 e. The van der Waals surface area contributed by atoms with Crippen LogP contribution in [0.25, 0.3) is 0 Å². The summed E-state index contributed by atoms with van der Waals surface area (Å²) in [6.45, 7) is 9.49. The summed E-state index contributed by atoms with van der Waals surface area (Å²) >= 11 is 1.46. The van der Waals surface area contributed by atoms with Crippen molar-refractivity contribution in [3.63, 3.8) is 0 Å². The summed E-state index contributed by atoms with van der Waals surface area (Å²) in [5.74, 6) is 1.56. The summed E-state index contributed by atoms with van der Waals surface area (Å²) in [5, 5.41) is 0.970. The molecule has 1 saturated heterocycles. The fourth-order valence-electron chi connectivity index (χ4n) is 2.96. The lowest BCUT2D eigenvalue weighted by atomic mass is 10.1. The molecule has 2 heterocycles. The van der Waals surface area contributed by atoms with E-state index in [1.807, 2.05) is 4.90 Å². The standard InChI is InChI=1S/C19H26N4OS/c1-14(2)12-18(24)22-8-10-23(11-9-22)19-20-17(21-25-19)13-16-6-4-15(3)5-7-16/h4-7,14H,8-13H2,1-3H3. The molecule has 1 aliphatic rings. The summed E-state index contributed by atoms with van der Waals surface area (Å²) in [7, 11) is 0. The van der Waals surface area contributed by atoms with Gasteiger partial charge in [0.25, 0.3) is 0 Å². The van der Waals surface area contributed by atoms with Gasteiger partial charge in [0.2, 0.25) is 11.0 Å². The number of piperazine rings is 1. The van der Waals surface area contributed by atoms with Crippen molar-refractivity contribution in [1.29, 1.82) is 0 Å². The second-order valence-corrected chi connectivity index (χ2v) is 7.85. The van der Waals surface area contributed by atoms with Crippen LogP contribution >= 0.6 is 11.5 Å². The third-order valence-electron chi connectivity index (χ3n) is 4.43. The largest absolute Gasteiger partial charge is 0.343 e. The monoisotopic (exact) mass is 358 g/mol. The summed E-state index contributed by atoms with van der Waals surface area (Å²) in [5.41, 5.74) is 2.50. The molecular weight excluding hydrogens is 332 g/mol. The number of anilines is 1. The average Bonchev–Trinajstić information content (AvgIpc) is 3.05. The summed E-state index contributed by atoms with van der Waals surface area (Å²) in [6, 6.07) is 8.51. The number of hydrogen-bond acceptors (Lipinski definition) is 5. The Morgan fingerprint density at radius 2 is 1.84 bits per heavy atom. The first-order valence-electron chi connectivity index (χ1n) is 8.92. The molecule has 0 N–H and O–H groups in total. The van der Waals surface area contributed by atoms with Crippen LogP contribution in [0.4, 0.5) is 5.13 Å². The van der Waals surface area contributed by atoms with Crippen LogP contribution in [0, 0.1) is 12.8 Å². The van der Waals surface area contributed by atoms with Crippen molar-refractivity contribution < 1.29 is 4.79 Å². The zero-order valence-corrected chi connectivity index (χ0v) is 16.1. The van der Waals surface area contributed by atoms with Gasteiger partial charge in [0, 0.05) is 50.6 Å². The molecule has 25 heavy (non-hydrogen) atoms. The number of carbonyl (C=O) groups is 1. The van der Waals surface area contributed by atoms with Crippen molar-refractivity contribution in [1.82, 2.24) is 14.3 Å². The van der Waals surface area contributed by atoms with Crippen LogP contribution < -0.4 is 4.90 Å². The topological polar surface area (TPSA) is 49.3 Å². The number of aromatic nitrogens is 2. The molecule has 3 rings (SSSR count). The molecule has 1 aliphatic heterocycles. The minimum absolute atomic E-state index is 0.270. The predicted octanol–water partition coefficient (Wildman–Crippen LogP) is 3.13. The zero-order chi connectivity index (χ0) is 17.8. The molecule has 0 aliphatic carbocycles. The van der Waals surface area contributed by atoms with Crippen LogP contribution in [0.1, 0.15) is 37.2 Å². The van der Waals surface area contributed by atoms with Gasteiger partial charge < -0.3 is 9.80 Å². The van der Waals surface area contributed by atoms with Crippen LogP contribution in [0.3, 0.4) is 0 Å². The molecule has 0 unspecified atom stereocenters. The first kappa shape index (κ1) is 17.9. The van der Waals surface area contributed by atoms with E-state index >= 15 is 0 Å². The van der Waals surface area contributed by atoms with E-state index in [2.05, 4.69) is 54.3 Å². The Bertz CT molecular complexity index is 702. The molecule has 134 valence electrons. The normalized spacial score (nSPS) is 15.0. The minimum Gasteiger partial charge on any atom is -0.343 e. The van der Waals surface area contributed by atoms with Crippen LogP contribution in [0.15, 0.2) is 24.3 Å². The number of benzene rings is 1. The molecule has 5 nitrogen and oxygen atoms in total. The van der Waals surface area contributed by atoms with Crippen LogP contribution in [0.5, 0.6) is 0 Å². The number of amides is 1. The fourth-order valence-corrected chi connectivity index (χ4v) is 3.70. The van der Waals surface area contributed by atoms with Gasteiger partial charge in [-0.05, 0) is 18.4 Å². The van der Waals surface area contributed by atoms with Crippen molar-refractivity contribution in [2.75, 3.05) is 31.1 Å². The third kappa shape index (κ3) is 4.78. The first-order chi connectivity index (χ1) is 12.0. The molecule has 1 aromatic carbocycles. The third-order valence-corrected chi connectivity index (χ3v) is 5.24. The van der Waals surface area contributed by atoms with Gasteiger partial charge in [-0.3, -0.25) is 4.79 Å². The van der Waals surface area contributed by atoms with Crippen molar-refractivity contribution in [2.24, 2.45) is 5.92 Å². The molecule has 0 atom stereocenters. The highest BCUT2D eigenvalue weighted by Crippen LogP contribution is 2.21. The SMILES string of the molecule is Cc1ccc(Cc2nsc(N3CCN(C(=O)CC(C)C)CC3)n2)cc1. The number of carbonyl (C=O) groups excluding carboxylic acids is 1. The highest BCUT2D eigenvalue weighted by Gasteiger charge is 2.23. The van der Waals surface area contributed by atoms with Gasteiger partial charge in [0.15, 0.2) is 0 Å². The van der Waals surface area contributed by atoms with Crippen molar-refractivity contribution >= 4 is 22.6 Å². The van der Waals surface area contributed by atoms with E-state index < -0.39 is 0 Å². The van der Waals surface area contributed by atoms with Crippen LogP contribution in [0.2, 0.25) is 0 Å². The molecule has 1 aromatic heterocycles. The zero-order valence-electron chi connectivity index (χ0n) is 15.2. The highest BCUT2D eigenvalue weighted by atomic mass is 32.1. The van der Waals surface area contributed by atoms with E-state index in [-0.39, 0.29) is 5.91 Å². The minimum atomic E-state index is 0.270. The van der Waals surface area contributed by atoms with Gasteiger partial charge in [-0.1, -0.05) is 43.7 Å². The second kappa shape index (κ2) is 7.95. The van der Waals surface area contributed by atoms with Gasteiger partial charge in [-0.25, -0.2) is 4.98 Å². The molecule has 0 bridgehead atoms. The van der Waals surface area contributed by atoms with E-state index in [0.29, 0.717) is 12.3 Å². The van der Waals surface area contributed by atoms with Gasteiger partial charge in [0.05, 0.1) is 0 Å². The maximum atomic E-state index is 12.2. The van der Waals surface area contributed by atoms with E-state index in [1.54, 1.807) is 0 Å². The number of aryl methyl sites for hydroxylation is 1. The summed E-state index contributed by atoms with van der Waals surface area (Å²) < 4.78 is 4.51. The fraction of sp³-hybridized carbons (Fsp3) is 0.526. The lowest BCUT2D eigenvalue weighted by Crippen LogP contribution is -2.49. The highest BCUT2D eigenvalue weighted by molar-refractivity contribution is 7.09. The van der Waals surface area contributed by atoms with E-state index in [0.717, 1.165) is 43.6 Å². The Kier molecular flexibility index (Phi) is 5.68. The molecular formula is C19H26N4OS. The maximum absolute atomic E-state index is 12.2. The Labute approximate surface area is 153 Å². The molecule has 1 fully saturated rings. The Morgan fingerprint density at radius 3 is 2.48 bits per heavy atom. The van der Waals surface area contributed by atoms with Gasteiger partial charge in [-0.2, -0.15) is 4.37 Å². The van der Waals surface area contributed by atoms with Crippen LogP contribution in [-0.2, 0) is 11.2 Å².